The minimum absolute atomic E-state index is 0.0131. The van der Waals surface area contributed by atoms with Crippen molar-refractivity contribution < 1.29 is 9.84 Å². The number of hydrogen-bond acceptors (Lipinski definition) is 4. The maximum absolute atomic E-state index is 9.54. The van der Waals surface area contributed by atoms with Gasteiger partial charge in [0.2, 0.25) is 0 Å². The van der Waals surface area contributed by atoms with Crippen molar-refractivity contribution in [3.63, 3.8) is 0 Å². The van der Waals surface area contributed by atoms with Gasteiger partial charge in [-0.05, 0) is 6.07 Å². The minimum atomic E-state index is -0.766. The minimum Gasteiger partial charge on any atom is -0.493 e. The molecular weight excluding hydrogens is 216 g/mol. The van der Waals surface area contributed by atoms with Gasteiger partial charge in [-0.3, -0.25) is 5.32 Å². The van der Waals surface area contributed by atoms with Gasteiger partial charge in [-0.25, -0.2) is 0 Å². The summed E-state index contributed by atoms with van der Waals surface area (Å²) in [6.45, 7) is 2.89. The number of aliphatic hydroxyl groups excluding tert-OH is 1. The van der Waals surface area contributed by atoms with Gasteiger partial charge in [-0.1, -0.05) is 25.1 Å². The van der Waals surface area contributed by atoms with Crippen LogP contribution in [0.2, 0.25) is 0 Å². The molecule has 90 valence electrons. The summed E-state index contributed by atoms with van der Waals surface area (Å²) in [6.07, 6.45) is 0. The van der Waals surface area contributed by atoms with E-state index in [0.29, 0.717) is 13.2 Å². The summed E-state index contributed by atoms with van der Waals surface area (Å²) in [6, 6.07) is 9.91. The number of nitrogens with one attached hydrogen (secondary N) is 1. The molecule has 17 heavy (non-hydrogen) atoms. The second kappa shape index (κ2) is 4.74. The van der Waals surface area contributed by atoms with Gasteiger partial charge < -0.3 is 9.84 Å². The smallest absolute Gasteiger partial charge is 0.141 e. The van der Waals surface area contributed by atoms with Crippen LogP contribution in [-0.4, -0.2) is 24.9 Å². The van der Waals surface area contributed by atoms with Crippen molar-refractivity contribution in [2.24, 2.45) is 5.92 Å². The van der Waals surface area contributed by atoms with Crippen LogP contribution < -0.4 is 10.1 Å². The fourth-order valence-electron chi connectivity index (χ4n) is 2.26. The maximum Gasteiger partial charge on any atom is 0.141 e. The molecule has 1 aromatic rings. The summed E-state index contributed by atoms with van der Waals surface area (Å²) in [5.41, 5.74) is 0.0899. The normalized spacial score (nSPS) is 26.8. The fourth-order valence-corrected chi connectivity index (χ4v) is 2.26. The van der Waals surface area contributed by atoms with E-state index in [2.05, 4.69) is 11.4 Å². The van der Waals surface area contributed by atoms with E-state index in [1.165, 1.54) is 0 Å². The Hall–Kier alpha value is -1.57. The van der Waals surface area contributed by atoms with Crippen LogP contribution in [0, 0.1) is 17.2 Å². The van der Waals surface area contributed by atoms with E-state index in [1.807, 2.05) is 31.2 Å². The highest BCUT2D eigenvalue weighted by Crippen LogP contribution is 2.39. The zero-order valence-corrected chi connectivity index (χ0v) is 9.81. The van der Waals surface area contributed by atoms with Crippen molar-refractivity contribution in [3.05, 3.63) is 29.8 Å². The Labute approximate surface area is 101 Å². The molecule has 0 bridgehead atoms. The highest BCUT2D eigenvalue weighted by Gasteiger charge is 2.43. The molecule has 2 N–H and O–H groups in total. The number of nitrogens with zero attached hydrogens (tertiary/aromatic N) is 1. The van der Waals surface area contributed by atoms with E-state index in [0.717, 1.165) is 11.3 Å². The molecule has 0 saturated carbocycles. The molecule has 0 radical (unpaired) electrons. The number of ether oxygens (including phenoxy) is 1. The molecule has 1 aliphatic heterocycles. The Morgan fingerprint density at radius 2 is 2.35 bits per heavy atom. The van der Waals surface area contributed by atoms with Crippen LogP contribution in [0.15, 0.2) is 24.3 Å². The second-order valence-electron chi connectivity index (χ2n) is 4.28. The first-order chi connectivity index (χ1) is 8.24. The maximum atomic E-state index is 9.54. The van der Waals surface area contributed by atoms with E-state index in [-0.39, 0.29) is 12.5 Å². The predicted molar refractivity (Wildman–Crippen MR) is 63.5 cm³/mol. The van der Waals surface area contributed by atoms with Gasteiger partial charge in [0.05, 0.1) is 19.3 Å². The first-order valence-corrected chi connectivity index (χ1v) is 5.74. The molecular formula is C13H16N2O2. The number of fused-ring (bicyclic) bond motifs is 1. The van der Waals surface area contributed by atoms with Crippen molar-refractivity contribution in [3.8, 4) is 11.8 Å². The largest absolute Gasteiger partial charge is 0.493 e. The van der Waals surface area contributed by atoms with Gasteiger partial charge in [0, 0.05) is 18.0 Å². The van der Waals surface area contributed by atoms with E-state index in [4.69, 9.17) is 9.84 Å². The molecule has 0 spiro atoms. The topological polar surface area (TPSA) is 65.3 Å². The number of rotatable bonds is 3. The molecule has 0 aromatic heterocycles. The lowest BCUT2D eigenvalue weighted by atomic mass is 9.78. The van der Waals surface area contributed by atoms with E-state index in [9.17, 15) is 5.26 Å². The molecule has 0 aliphatic carbocycles. The molecule has 2 atom stereocenters. The average molecular weight is 232 g/mol. The van der Waals surface area contributed by atoms with Crippen LogP contribution in [0.1, 0.15) is 12.5 Å². The number of aliphatic hydroxyl groups is 1. The van der Waals surface area contributed by atoms with Crippen LogP contribution in [0.3, 0.4) is 0 Å². The van der Waals surface area contributed by atoms with Crippen LogP contribution in [0.5, 0.6) is 5.75 Å². The van der Waals surface area contributed by atoms with Crippen molar-refractivity contribution >= 4 is 0 Å². The van der Waals surface area contributed by atoms with Gasteiger partial charge in [0.1, 0.15) is 11.3 Å². The van der Waals surface area contributed by atoms with Crippen molar-refractivity contribution in [2.75, 3.05) is 19.8 Å². The molecule has 0 fully saturated rings. The Bertz CT molecular complexity index is 441. The zero-order chi connectivity index (χ0) is 12.3. The lowest BCUT2D eigenvalue weighted by Crippen LogP contribution is -2.51. The average Bonchev–Trinajstić information content (AvgIpc) is 2.38. The fraction of sp³-hybridized carbons (Fsp3) is 0.462. The van der Waals surface area contributed by atoms with Crippen molar-refractivity contribution in [1.29, 1.82) is 5.26 Å². The van der Waals surface area contributed by atoms with Crippen LogP contribution >= 0.6 is 0 Å². The second-order valence-corrected chi connectivity index (χ2v) is 4.28. The number of para-hydroxylation sites is 1. The predicted octanol–water partition coefficient (Wildman–Crippen LogP) is 1.02. The van der Waals surface area contributed by atoms with Gasteiger partial charge >= 0.3 is 0 Å². The molecule has 2 rings (SSSR count). The molecule has 4 heteroatoms. The van der Waals surface area contributed by atoms with E-state index < -0.39 is 5.54 Å². The third-order valence-electron chi connectivity index (χ3n) is 3.23. The van der Waals surface area contributed by atoms with Gasteiger partial charge in [0.15, 0.2) is 0 Å². The van der Waals surface area contributed by atoms with Gasteiger partial charge in [-0.15, -0.1) is 0 Å². The van der Waals surface area contributed by atoms with Crippen molar-refractivity contribution in [2.45, 2.75) is 12.5 Å². The zero-order valence-electron chi connectivity index (χ0n) is 9.81. The first kappa shape index (κ1) is 11.9. The molecule has 2 unspecified atom stereocenters. The molecule has 1 heterocycles. The summed E-state index contributed by atoms with van der Waals surface area (Å²) < 4.78 is 5.62. The number of nitriles is 1. The van der Waals surface area contributed by atoms with Crippen molar-refractivity contribution in [1.82, 2.24) is 5.32 Å². The molecule has 1 aromatic carbocycles. The SMILES string of the molecule is CC1COc2ccccc2C1(C#N)NCCO. The molecule has 0 saturated heterocycles. The monoisotopic (exact) mass is 232 g/mol. The summed E-state index contributed by atoms with van der Waals surface area (Å²) in [7, 11) is 0. The number of benzene rings is 1. The lowest BCUT2D eigenvalue weighted by Gasteiger charge is -2.39. The summed E-state index contributed by atoms with van der Waals surface area (Å²) in [4.78, 5) is 0. The summed E-state index contributed by atoms with van der Waals surface area (Å²) in [5, 5.41) is 21.6. The van der Waals surface area contributed by atoms with E-state index >= 15 is 0 Å². The Morgan fingerprint density at radius 1 is 1.59 bits per heavy atom. The lowest BCUT2D eigenvalue weighted by molar-refractivity contribution is 0.143. The van der Waals surface area contributed by atoms with Crippen LogP contribution in [0.25, 0.3) is 0 Å². The van der Waals surface area contributed by atoms with E-state index in [1.54, 1.807) is 0 Å². The third kappa shape index (κ3) is 1.88. The highest BCUT2D eigenvalue weighted by atomic mass is 16.5. The standard InChI is InChI=1S/C13H16N2O2/c1-10-8-17-12-5-3-2-4-11(12)13(10,9-14)15-6-7-16/h2-5,10,15-16H,6-8H2,1H3. The van der Waals surface area contributed by atoms with Gasteiger partial charge in [-0.2, -0.15) is 5.26 Å². The number of hydrogen-bond donors (Lipinski definition) is 2. The molecule has 0 amide bonds. The Morgan fingerprint density at radius 3 is 3.06 bits per heavy atom. The summed E-state index contributed by atoms with van der Waals surface area (Å²) in [5.74, 6) is 0.784. The quantitative estimate of drug-likeness (QED) is 0.816. The first-order valence-electron chi connectivity index (χ1n) is 5.74. The third-order valence-corrected chi connectivity index (χ3v) is 3.23. The Balaban J connectivity index is 2.46. The van der Waals surface area contributed by atoms with Crippen LogP contribution in [0.4, 0.5) is 0 Å². The molecule has 1 aliphatic rings. The summed E-state index contributed by atoms with van der Waals surface area (Å²) >= 11 is 0. The molecule has 4 nitrogen and oxygen atoms in total. The van der Waals surface area contributed by atoms with Crippen LogP contribution in [-0.2, 0) is 5.54 Å². The van der Waals surface area contributed by atoms with Gasteiger partial charge in [0.25, 0.3) is 0 Å². The Kier molecular flexibility index (Phi) is 3.32. The highest BCUT2D eigenvalue weighted by molar-refractivity contribution is 5.45.